The van der Waals surface area contributed by atoms with Crippen LogP contribution in [-0.2, 0) is 9.53 Å². The summed E-state index contributed by atoms with van der Waals surface area (Å²) in [4.78, 5) is 33.1. The zero-order valence-electron chi connectivity index (χ0n) is 25.7. The number of urea groups is 1. The summed E-state index contributed by atoms with van der Waals surface area (Å²) >= 11 is 0. The van der Waals surface area contributed by atoms with Crippen LogP contribution in [0.1, 0.15) is 65.2 Å². The van der Waals surface area contributed by atoms with Gasteiger partial charge in [-0.25, -0.2) is 13.6 Å². The number of amides is 3. The Kier molecular flexibility index (Phi) is 8.22. The molecule has 0 spiro atoms. The van der Waals surface area contributed by atoms with E-state index in [1.165, 1.54) is 6.08 Å². The Morgan fingerprint density at radius 3 is 2.67 bits per heavy atom. The lowest BCUT2D eigenvalue weighted by molar-refractivity contribution is -0.131. The molecule has 43 heavy (non-hydrogen) atoms. The van der Waals surface area contributed by atoms with E-state index in [0.29, 0.717) is 38.0 Å². The summed E-state index contributed by atoms with van der Waals surface area (Å²) in [7, 11) is 0. The van der Waals surface area contributed by atoms with Crippen LogP contribution in [0.4, 0.5) is 13.6 Å². The van der Waals surface area contributed by atoms with Crippen molar-refractivity contribution < 1.29 is 23.1 Å². The fourth-order valence-electron chi connectivity index (χ4n) is 9.86. The van der Waals surface area contributed by atoms with Crippen molar-refractivity contribution in [3.8, 4) is 0 Å². The van der Waals surface area contributed by atoms with E-state index in [4.69, 9.17) is 4.74 Å². The van der Waals surface area contributed by atoms with E-state index < -0.39 is 30.5 Å². The van der Waals surface area contributed by atoms with Gasteiger partial charge < -0.3 is 25.2 Å². The maximum absolute atomic E-state index is 16.5. The Bertz CT molecular complexity index is 1080. The fourth-order valence-corrected chi connectivity index (χ4v) is 9.86. The number of nitrogens with zero attached hydrogens (tertiary/aromatic N) is 3. The van der Waals surface area contributed by atoms with Crippen LogP contribution in [0.3, 0.4) is 0 Å². The molecule has 7 fully saturated rings. The molecule has 3 amide bonds. The molecule has 3 N–H and O–H groups in total. The summed E-state index contributed by atoms with van der Waals surface area (Å²) in [5, 5.41) is 10.7. The van der Waals surface area contributed by atoms with Crippen LogP contribution < -0.4 is 16.0 Å². The third-order valence-electron chi connectivity index (χ3n) is 11.9. The highest BCUT2D eigenvalue weighted by Crippen LogP contribution is 2.46. The average Bonchev–Trinajstić information content (AvgIpc) is 3.79. The summed E-state index contributed by atoms with van der Waals surface area (Å²) in [5.74, 6) is -0.254. The van der Waals surface area contributed by atoms with Crippen LogP contribution in [0, 0.1) is 23.7 Å². The maximum atomic E-state index is 16.5. The Hall–Kier alpha value is -1.82. The van der Waals surface area contributed by atoms with Gasteiger partial charge in [0, 0.05) is 55.7 Å². The van der Waals surface area contributed by atoms with Gasteiger partial charge in [-0.2, -0.15) is 0 Å². The second-order valence-electron chi connectivity index (χ2n) is 14.5. The SMILES string of the molecule is C=CC(=O)N1CCN(C2NC(=O)N3C4NC(C(F)CC42)C2C(F)CCCC2OCCCC2CCNC(C(C)C)C23)[C@H]2C[C@H]21. The number of ether oxygens (including phenoxy) is 1. The third kappa shape index (κ3) is 5.20. The van der Waals surface area contributed by atoms with Crippen molar-refractivity contribution in [2.24, 2.45) is 23.7 Å². The van der Waals surface area contributed by atoms with Gasteiger partial charge in [0.2, 0.25) is 5.91 Å². The van der Waals surface area contributed by atoms with Crippen molar-refractivity contribution >= 4 is 11.9 Å². The molecule has 0 aromatic rings. The number of rotatable bonds is 3. The van der Waals surface area contributed by atoms with Crippen molar-refractivity contribution in [1.82, 2.24) is 30.7 Å². The second-order valence-corrected chi connectivity index (χ2v) is 14.5. The van der Waals surface area contributed by atoms with Crippen molar-refractivity contribution in [3.05, 3.63) is 12.7 Å². The molecule has 0 aromatic carbocycles. The van der Waals surface area contributed by atoms with Crippen molar-refractivity contribution in [2.75, 3.05) is 26.2 Å². The quantitative estimate of drug-likeness (QED) is 0.430. The molecule has 9 nitrogen and oxygen atoms in total. The highest BCUT2D eigenvalue weighted by molar-refractivity contribution is 5.87. The molecule has 11 heteroatoms. The first-order valence-electron chi connectivity index (χ1n) is 16.9. The van der Waals surface area contributed by atoms with Crippen LogP contribution >= 0.6 is 0 Å². The first-order chi connectivity index (χ1) is 20.8. The summed E-state index contributed by atoms with van der Waals surface area (Å²) in [6.07, 6.45) is 3.69. The molecule has 0 aromatic heterocycles. The van der Waals surface area contributed by atoms with Gasteiger partial charge in [0.1, 0.15) is 12.3 Å². The number of carbonyl (C=O) groups is 2. The molecule has 11 unspecified atom stereocenters. The minimum Gasteiger partial charge on any atom is -0.378 e. The van der Waals surface area contributed by atoms with Crippen LogP contribution in [0.25, 0.3) is 0 Å². The predicted octanol–water partition coefficient (Wildman–Crippen LogP) is 2.77. The monoisotopic (exact) mass is 604 g/mol. The highest BCUT2D eigenvalue weighted by atomic mass is 19.1. The summed E-state index contributed by atoms with van der Waals surface area (Å²) in [5.41, 5.74) is 0. The van der Waals surface area contributed by atoms with Gasteiger partial charge in [0.25, 0.3) is 0 Å². The molecular weight excluding hydrogens is 554 g/mol. The van der Waals surface area contributed by atoms with E-state index >= 15 is 8.78 Å². The van der Waals surface area contributed by atoms with Crippen LogP contribution in [-0.4, -0.2) is 114 Å². The number of fused-ring (bicyclic) bond motifs is 6. The normalized spacial score (nSPS) is 46.8. The number of alkyl halides is 2. The molecule has 7 aliphatic rings. The standard InChI is InChI=1S/C32H50F2N6O3/c1-4-25(41)38-12-13-39(23-16-22(23)38)30-19-15-21(34)28-26-20(33)8-5-9-24(26)43-14-6-7-18-10-11-35-27(17(2)3)29(18)40(31(19)36-28)32(42)37-30/h4,17-24,26-31,35-36H,1,5-16H2,2-3H3,(H,37,42)/t18?,19?,20?,21?,22-,23+,24?,26?,27?,28?,29?,30?,31?/m1/s1. The van der Waals surface area contributed by atoms with Gasteiger partial charge in [-0.1, -0.05) is 20.4 Å². The zero-order chi connectivity index (χ0) is 30.0. The maximum Gasteiger partial charge on any atom is 0.320 e. The molecule has 2 bridgehead atoms. The molecule has 2 saturated carbocycles. The summed E-state index contributed by atoms with van der Waals surface area (Å²) in [6.45, 7) is 10.7. The van der Waals surface area contributed by atoms with Gasteiger partial charge in [-0.3, -0.25) is 15.0 Å². The van der Waals surface area contributed by atoms with Gasteiger partial charge >= 0.3 is 6.03 Å². The third-order valence-corrected chi connectivity index (χ3v) is 11.9. The number of carbonyl (C=O) groups excluding carboxylic acids is 2. The van der Waals surface area contributed by atoms with E-state index in [2.05, 4.69) is 41.3 Å². The lowest BCUT2D eigenvalue weighted by atomic mass is 9.72. The minimum absolute atomic E-state index is 0.0584. The summed E-state index contributed by atoms with van der Waals surface area (Å²) in [6, 6.07) is -0.558. The van der Waals surface area contributed by atoms with Gasteiger partial charge in [-0.15, -0.1) is 0 Å². The Morgan fingerprint density at radius 1 is 1.05 bits per heavy atom. The van der Waals surface area contributed by atoms with E-state index in [9.17, 15) is 9.59 Å². The molecule has 0 radical (unpaired) electrons. The minimum atomic E-state index is -1.25. The van der Waals surface area contributed by atoms with E-state index in [0.717, 1.165) is 45.1 Å². The van der Waals surface area contributed by atoms with Crippen molar-refractivity contribution in [3.63, 3.8) is 0 Å². The zero-order valence-corrected chi connectivity index (χ0v) is 25.7. The Balaban J connectivity index is 1.25. The fraction of sp³-hybridized carbons (Fsp3) is 0.875. The molecule has 13 atom stereocenters. The summed E-state index contributed by atoms with van der Waals surface area (Å²) < 4.78 is 38.6. The lowest BCUT2D eigenvalue weighted by Crippen LogP contribution is -2.79. The van der Waals surface area contributed by atoms with Gasteiger partial charge in [-0.05, 0) is 75.8 Å². The molecular formula is C32H50F2N6O3. The smallest absolute Gasteiger partial charge is 0.320 e. The van der Waals surface area contributed by atoms with E-state index in [1.807, 2.05) is 9.80 Å². The molecule has 5 aliphatic heterocycles. The molecule has 2 aliphatic carbocycles. The van der Waals surface area contributed by atoms with Crippen molar-refractivity contribution in [2.45, 2.75) is 126 Å². The average molecular weight is 605 g/mol. The lowest BCUT2D eigenvalue weighted by Gasteiger charge is -2.59. The van der Waals surface area contributed by atoms with Gasteiger partial charge in [0.05, 0.1) is 24.5 Å². The molecule has 7 rings (SSSR count). The van der Waals surface area contributed by atoms with E-state index in [1.54, 1.807) is 0 Å². The molecule has 5 saturated heterocycles. The van der Waals surface area contributed by atoms with Crippen molar-refractivity contribution in [1.29, 1.82) is 0 Å². The number of halogens is 2. The first kappa shape index (κ1) is 29.9. The number of piperidine rings is 2. The predicted molar refractivity (Wildman–Crippen MR) is 158 cm³/mol. The number of piperazine rings is 1. The first-order valence-corrected chi connectivity index (χ1v) is 16.9. The molecule has 240 valence electrons. The molecule has 5 heterocycles. The topological polar surface area (TPSA) is 89.2 Å². The second kappa shape index (κ2) is 11.8. The number of nitrogens with one attached hydrogen (secondary N) is 3. The highest BCUT2D eigenvalue weighted by Gasteiger charge is 2.60. The Labute approximate surface area is 254 Å². The Morgan fingerprint density at radius 2 is 1.88 bits per heavy atom. The number of hydrogen-bond donors (Lipinski definition) is 3. The van der Waals surface area contributed by atoms with Crippen LogP contribution in [0.5, 0.6) is 0 Å². The van der Waals surface area contributed by atoms with Gasteiger partial charge in [0.15, 0.2) is 0 Å². The van der Waals surface area contributed by atoms with Crippen LogP contribution in [0.15, 0.2) is 12.7 Å². The van der Waals surface area contributed by atoms with Crippen LogP contribution in [0.2, 0.25) is 0 Å². The largest absolute Gasteiger partial charge is 0.378 e. The van der Waals surface area contributed by atoms with E-state index in [-0.39, 0.29) is 60.7 Å². The number of hydrogen-bond acceptors (Lipinski definition) is 6.